The van der Waals surface area contributed by atoms with E-state index < -0.39 is 36.8 Å². The highest BCUT2D eigenvalue weighted by Crippen LogP contribution is 2.27. The summed E-state index contributed by atoms with van der Waals surface area (Å²) in [5, 5.41) is 2.76. The van der Waals surface area contributed by atoms with E-state index in [-0.39, 0.29) is 30.2 Å². The van der Waals surface area contributed by atoms with Gasteiger partial charge in [-0.2, -0.15) is 0 Å². The molecule has 0 aliphatic carbocycles. The van der Waals surface area contributed by atoms with Crippen LogP contribution in [0.3, 0.4) is 0 Å². The van der Waals surface area contributed by atoms with Gasteiger partial charge in [-0.1, -0.05) is 0 Å². The lowest BCUT2D eigenvalue weighted by Crippen LogP contribution is -2.44. The zero-order valence-corrected chi connectivity index (χ0v) is 16.6. The maximum atomic E-state index is 13.7. The predicted octanol–water partition coefficient (Wildman–Crippen LogP) is 2.43. The highest BCUT2D eigenvalue weighted by atomic mass is 19.3. The molecule has 2 atom stereocenters. The van der Waals surface area contributed by atoms with Crippen molar-refractivity contribution in [1.29, 1.82) is 0 Å². The lowest BCUT2D eigenvalue weighted by Gasteiger charge is -2.31. The van der Waals surface area contributed by atoms with Crippen LogP contribution in [0.15, 0.2) is 30.6 Å². The Morgan fingerprint density at radius 1 is 1.29 bits per heavy atom. The molecule has 2 aromatic heterocycles. The molecular weight excluding hydrogens is 415 g/mol. The Bertz CT molecular complexity index is 1070. The number of amides is 1. The van der Waals surface area contributed by atoms with Gasteiger partial charge < -0.3 is 19.4 Å². The molecule has 31 heavy (non-hydrogen) atoms. The van der Waals surface area contributed by atoms with Gasteiger partial charge in [-0.15, -0.1) is 0 Å². The first kappa shape index (κ1) is 21.2. The van der Waals surface area contributed by atoms with Crippen LogP contribution in [0.5, 0.6) is 0 Å². The number of nitrogens with zero attached hydrogens (tertiary/aromatic N) is 4. The van der Waals surface area contributed by atoms with Crippen molar-refractivity contribution in [2.24, 2.45) is 0 Å². The molecule has 0 saturated carbocycles. The molecule has 1 N–H and O–H groups in total. The Morgan fingerprint density at radius 3 is 2.81 bits per heavy atom. The van der Waals surface area contributed by atoms with Gasteiger partial charge in [0, 0.05) is 12.3 Å². The Morgan fingerprint density at radius 2 is 2.13 bits per heavy atom. The molecule has 1 amide bonds. The van der Waals surface area contributed by atoms with Gasteiger partial charge in [-0.3, -0.25) is 9.78 Å². The molecular formula is C20H20F3N5O3. The third kappa shape index (κ3) is 4.67. The van der Waals surface area contributed by atoms with Crippen molar-refractivity contribution in [2.45, 2.75) is 32.0 Å². The zero-order chi connectivity index (χ0) is 22.0. The molecule has 4 rings (SSSR count). The van der Waals surface area contributed by atoms with Crippen LogP contribution in [0.2, 0.25) is 0 Å². The Hall–Kier alpha value is -3.05. The number of alkyl halides is 2. The van der Waals surface area contributed by atoms with E-state index in [1.54, 1.807) is 6.92 Å². The van der Waals surface area contributed by atoms with Crippen LogP contribution < -0.4 is 5.32 Å². The van der Waals surface area contributed by atoms with Crippen molar-refractivity contribution in [2.75, 3.05) is 19.8 Å². The number of imidazole rings is 1. The second kappa shape index (κ2) is 8.98. The van der Waals surface area contributed by atoms with Crippen LogP contribution in [-0.4, -0.2) is 57.8 Å². The van der Waals surface area contributed by atoms with Gasteiger partial charge in [0.2, 0.25) is 0 Å². The molecule has 0 unspecified atom stereocenters. The number of carbonyl (C=O) groups excluding carboxylic acids is 1. The van der Waals surface area contributed by atoms with Crippen LogP contribution in [0.1, 0.15) is 28.0 Å². The minimum absolute atomic E-state index is 0.0508. The first-order valence-electron chi connectivity index (χ1n) is 9.65. The lowest BCUT2D eigenvalue weighted by molar-refractivity contribution is -0.102. The molecule has 1 aromatic carbocycles. The number of fused-ring (bicyclic) bond motifs is 1. The number of hydrogen-bond acceptors (Lipinski definition) is 6. The van der Waals surface area contributed by atoms with Gasteiger partial charge in [-0.25, -0.2) is 23.1 Å². The number of halogens is 3. The van der Waals surface area contributed by atoms with E-state index in [4.69, 9.17) is 9.47 Å². The van der Waals surface area contributed by atoms with Crippen LogP contribution in [0.4, 0.5) is 13.2 Å². The highest BCUT2D eigenvalue weighted by molar-refractivity contribution is 5.92. The molecule has 3 aromatic rings. The second-order valence-electron chi connectivity index (χ2n) is 7.08. The fourth-order valence-electron chi connectivity index (χ4n) is 3.44. The quantitative estimate of drug-likeness (QED) is 0.640. The summed E-state index contributed by atoms with van der Waals surface area (Å²) in [4.78, 5) is 25.3. The monoisotopic (exact) mass is 435 g/mol. The molecule has 164 valence electrons. The molecule has 0 spiro atoms. The molecule has 1 aliphatic rings. The summed E-state index contributed by atoms with van der Waals surface area (Å²) in [6.07, 6.45) is -0.616. The standard InChI is InChI=1S/C20H20F3N5O3/c1-11-7-25-14(8-24-11)20(29)27-18(16-10-30-4-5-31-16)19-26-13-6-12(21)2-3-15(13)28(19)9-17(22)23/h2-3,6-8,16-18H,4-5,9-10H2,1H3,(H,27,29)/t16-,18+/m0/s1. The van der Waals surface area contributed by atoms with Gasteiger partial charge in [0.1, 0.15) is 29.5 Å². The molecule has 1 saturated heterocycles. The first-order chi connectivity index (χ1) is 14.9. The van der Waals surface area contributed by atoms with Gasteiger partial charge in [-0.05, 0) is 19.1 Å². The normalized spacial score (nSPS) is 17.8. The van der Waals surface area contributed by atoms with Crippen LogP contribution in [0, 0.1) is 12.7 Å². The Labute approximate surface area is 175 Å². The van der Waals surface area contributed by atoms with Gasteiger partial charge in [0.15, 0.2) is 0 Å². The molecule has 0 bridgehead atoms. The van der Waals surface area contributed by atoms with Crippen molar-refractivity contribution in [3.05, 3.63) is 53.6 Å². The highest BCUT2D eigenvalue weighted by Gasteiger charge is 2.33. The molecule has 1 fully saturated rings. The third-order valence-electron chi connectivity index (χ3n) is 4.85. The number of aryl methyl sites for hydroxylation is 1. The summed E-state index contributed by atoms with van der Waals surface area (Å²) in [5.74, 6) is -1.01. The van der Waals surface area contributed by atoms with Crippen molar-refractivity contribution in [3.8, 4) is 0 Å². The zero-order valence-electron chi connectivity index (χ0n) is 16.6. The molecule has 1 aliphatic heterocycles. The number of ether oxygens (including phenoxy) is 2. The molecule has 11 heteroatoms. The average molecular weight is 435 g/mol. The predicted molar refractivity (Wildman–Crippen MR) is 103 cm³/mol. The van der Waals surface area contributed by atoms with E-state index in [0.717, 1.165) is 6.07 Å². The van der Waals surface area contributed by atoms with E-state index in [1.165, 1.54) is 29.1 Å². The van der Waals surface area contributed by atoms with E-state index in [1.807, 2.05) is 0 Å². The minimum atomic E-state index is -2.69. The number of nitrogens with one attached hydrogen (secondary N) is 1. The summed E-state index contributed by atoms with van der Waals surface area (Å²) >= 11 is 0. The second-order valence-corrected chi connectivity index (χ2v) is 7.08. The van der Waals surface area contributed by atoms with E-state index in [0.29, 0.717) is 17.8 Å². The number of rotatable bonds is 6. The topological polar surface area (TPSA) is 91.2 Å². The van der Waals surface area contributed by atoms with E-state index in [9.17, 15) is 18.0 Å². The van der Waals surface area contributed by atoms with Crippen LogP contribution in [0.25, 0.3) is 11.0 Å². The van der Waals surface area contributed by atoms with Crippen molar-refractivity contribution < 1.29 is 27.4 Å². The number of benzene rings is 1. The van der Waals surface area contributed by atoms with Gasteiger partial charge in [0.25, 0.3) is 12.3 Å². The van der Waals surface area contributed by atoms with Crippen LogP contribution in [-0.2, 0) is 16.0 Å². The fourth-order valence-corrected chi connectivity index (χ4v) is 3.44. The lowest BCUT2D eigenvalue weighted by atomic mass is 10.1. The minimum Gasteiger partial charge on any atom is -0.376 e. The Kier molecular flexibility index (Phi) is 6.14. The number of aromatic nitrogens is 4. The number of hydrogen-bond donors (Lipinski definition) is 1. The summed E-state index contributed by atoms with van der Waals surface area (Å²) < 4.78 is 52.9. The van der Waals surface area contributed by atoms with Crippen molar-refractivity contribution >= 4 is 16.9 Å². The van der Waals surface area contributed by atoms with E-state index >= 15 is 0 Å². The smallest absolute Gasteiger partial charge is 0.272 e. The van der Waals surface area contributed by atoms with Gasteiger partial charge in [0.05, 0.1) is 49.3 Å². The van der Waals surface area contributed by atoms with Crippen LogP contribution >= 0.6 is 0 Å². The molecule has 3 heterocycles. The number of carbonyl (C=O) groups is 1. The van der Waals surface area contributed by atoms with Crippen molar-refractivity contribution in [3.63, 3.8) is 0 Å². The summed E-state index contributed by atoms with van der Waals surface area (Å²) in [5.41, 5.74) is 1.21. The third-order valence-corrected chi connectivity index (χ3v) is 4.85. The van der Waals surface area contributed by atoms with Gasteiger partial charge >= 0.3 is 0 Å². The SMILES string of the molecule is Cc1cnc(C(=O)N[C@@H](c2nc3cc(F)ccc3n2CC(F)F)[C@@H]2COCCO2)cn1. The molecule has 0 radical (unpaired) electrons. The first-order valence-corrected chi connectivity index (χ1v) is 9.65. The maximum Gasteiger partial charge on any atom is 0.272 e. The summed E-state index contributed by atoms with van der Waals surface area (Å²) in [7, 11) is 0. The summed E-state index contributed by atoms with van der Waals surface area (Å²) in [6, 6.07) is 2.77. The van der Waals surface area contributed by atoms with Crippen molar-refractivity contribution in [1.82, 2.24) is 24.8 Å². The average Bonchev–Trinajstić information content (AvgIpc) is 3.09. The molecule has 8 nitrogen and oxygen atoms in total. The van der Waals surface area contributed by atoms with E-state index in [2.05, 4.69) is 20.3 Å². The maximum absolute atomic E-state index is 13.7. The largest absolute Gasteiger partial charge is 0.376 e. The fraction of sp³-hybridized carbons (Fsp3) is 0.400. The summed E-state index contributed by atoms with van der Waals surface area (Å²) in [6.45, 7) is 1.82. The Balaban J connectivity index is 1.76.